The van der Waals surface area contributed by atoms with Crippen LogP contribution in [0.4, 0.5) is 0 Å². The van der Waals surface area contributed by atoms with Gasteiger partial charge in [0.25, 0.3) is 0 Å². The van der Waals surface area contributed by atoms with Gasteiger partial charge in [-0.2, -0.15) is 0 Å². The van der Waals surface area contributed by atoms with Crippen LogP contribution >= 0.6 is 0 Å². The molecule has 1 fully saturated rings. The highest BCUT2D eigenvalue weighted by Gasteiger charge is 2.26. The molecule has 0 unspecified atom stereocenters. The van der Waals surface area contributed by atoms with Crippen LogP contribution in [0.1, 0.15) is 37.8 Å². The maximum Gasteiger partial charge on any atom is 0.123 e. The monoisotopic (exact) mass is 235 g/mol. The number of hydrogen-bond donors (Lipinski definition) is 2. The predicted molar refractivity (Wildman–Crippen MR) is 68.2 cm³/mol. The van der Waals surface area contributed by atoms with E-state index < -0.39 is 0 Å². The zero-order valence-electron chi connectivity index (χ0n) is 10.5. The number of hydrogen-bond acceptors (Lipinski definition) is 3. The Morgan fingerprint density at radius 3 is 2.76 bits per heavy atom. The molecule has 1 saturated carbocycles. The second-order valence-corrected chi connectivity index (χ2v) is 4.74. The number of nitrogens with one attached hydrogen (secondary N) is 1. The summed E-state index contributed by atoms with van der Waals surface area (Å²) in [5.41, 5.74) is 1.15. The molecule has 0 aliphatic heterocycles. The molecule has 2 rings (SSSR count). The van der Waals surface area contributed by atoms with Gasteiger partial charge in [-0.05, 0) is 32.3 Å². The molecule has 0 radical (unpaired) electrons. The standard InChI is InChI=1S/C14H21NO2/c1-10(15-12-7-5-8-13(12)16)11-6-3-4-9-14(11)17-2/h3-4,6,9-10,12-13,15-16H,5,7-8H2,1-2H3/t10-,12+,13+/m0/s1. The highest BCUT2D eigenvalue weighted by Crippen LogP contribution is 2.27. The Bertz CT molecular complexity index is 367. The molecule has 0 heterocycles. The highest BCUT2D eigenvalue weighted by atomic mass is 16.5. The van der Waals surface area contributed by atoms with Crippen LogP contribution in [0.3, 0.4) is 0 Å². The van der Waals surface area contributed by atoms with Crippen LogP contribution in [-0.4, -0.2) is 24.4 Å². The summed E-state index contributed by atoms with van der Waals surface area (Å²) in [6, 6.07) is 8.44. The van der Waals surface area contributed by atoms with E-state index in [1.807, 2.05) is 18.2 Å². The van der Waals surface area contributed by atoms with Crippen LogP contribution in [0.15, 0.2) is 24.3 Å². The van der Waals surface area contributed by atoms with Crippen LogP contribution in [0.5, 0.6) is 5.75 Å². The van der Waals surface area contributed by atoms with Gasteiger partial charge in [0.1, 0.15) is 5.75 Å². The third-order valence-corrected chi connectivity index (χ3v) is 3.55. The molecule has 3 heteroatoms. The fraction of sp³-hybridized carbons (Fsp3) is 0.571. The number of para-hydroxylation sites is 1. The van der Waals surface area contributed by atoms with Crippen molar-refractivity contribution in [3.8, 4) is 5.75 Å². The quantitative estimate of drug-likeness (QED) is 0.841. The molecule has 3 nitrogen and oxygen atoms in total. The summed E-state index contributed by atoms with van der Waals surface area (Å²) >= 11 is 0. The Morgan fingerprint density at radius 1 is 1.35 bits per heavy atom. The Kier molecular flexibility index (Phi) is 4.02. The molecule has 0 bridgehead atoms. The second kappa shape index (κ2) is 5.52. The van der Waals surface area contributed by atoms with Crippen molar-refractivity contribution in [1.82, 2.24) is 5.32 Å². The van der Waals surface area contributed by atoms with E-state index in [-0.39, 0.29) is 18.2 Å². The number of aliphatic hydroxyl groups excluding tert-OH is 1. The molecule has 0 amide bonds. The molecular weight excluding hydrogens is 214 g/mol. The maximum atomic E-state index is 9.82. The van der Waals surface area contributed by atoms with Crippen molar-refractivity contribution in [1.29, 1.82) is 0 Å². The largest absolute Gasteiger partial charge is 0.496 e. The highest BCUT2D eigenvalue weighted by molar-refractivity contribution is 5.35. The van der Waals surface area contributed by atoms with Crippen molar-refractivity contribution in [2.45, 2.75) is 44.4 Å². The van der Waals surface area contributed by atoms with Gasteiger partial charge in [-0.25, -0.2) is 0 Å². The Balaban J connectivity index is 2.06. The van der Waals surface area contributed by atoms with Gasteiger partial charge in [0.15, 0.2) is 0 Å². The van der Waals surface area contributed by atoms with Gasteiger partial charge in [-0.1, -0.05) is 18.2 Å². The molecule has 0 saturated heterocycles. The van der Waals surface area contributed by atoms with Crippen LogP contribution in [0.25, 0.3) is 0 Å². The van der Waals surface area contributed by atoms with Crippen LogP contribution in [0.2, 0.25) is 0 Å². The van der Waals surface area contributed by atoms with E-state index in [4.69, 9.17) is 4.74 Å². The van der Waals surface area contributed by atoms with E-state index in [2.05, 4.69) is 18.3 Å². The third kappa shape index (κ3) is 2.79. The number of methoxy groups -OCH3 is 1. The Hall–Kier alpha value is -1.06. The molecule has 2 N–H and O–H groups in total. The smallest absolute Gasteiger partial charge is 0.123 e. The van der Waals surface area contributed by atoms with Gasteiger partial charge in [-0.3, -0.25) is 0 Å². The summed E-state index contributed by atoms with van der Waals surface area (Å²) in [6.07, 6.45) is 2.88. The van der Waals surface area contributed by atoms with Crippen molar-refractivity contribution in [2.24, 2.45) is 0 Å². The first-order valence-corrected chi connectivity index (χ1v) is 6.29. The molecule has 0 aromatic heterocycles. The normalized spacial score (nSPS) is 25.8. The topological polar surface area (TPSA) is 41.5 Å². The predicted octanol–water partition coefficient (Wildman–Crippen LogP) is 2.26. The first-order chi connectivity index (χ1) is 8.22. The van der Waals surface area contributed by atoms with Gasteiger partial charge >= 0.3 is 0 Å². The summed E-state index contributed by atoms with van der Waals surface area (Å²) in [5, 5.41) is 13.3. The average molecular weight is 235 g/mol. The lowest BCUT2D eigenvalue weighted by Gasteiger charge is -2.23. The van der Waals surface area contributed by atoms with E-state index >= 15 is 0 Å². The van der Waals surface area contributed by atoms with Crippen molar-refractivity contribution in [2.75, 3.05) is 7.11 Å². The fourth-order valence-corrected chi connectivity index (χ4v) is 2.57. The number of rotatable bonds is 4. The number of benzene rings is 1. The van der Waals surface area contributed by atoms with Gasteiger partial charge in [0.05, 0.1) is 13.2 Å². The maximum absolute atomic E-state index is 9.82. The average Bonchev–Trinajstić information content (AvgIpc) is 2.75. The number of ether oxygens (including phenoxy) is 1. The molecule has 17 heavy (non-hydrogen) atoms. The first-order valence-electron chi connectivity index (χ1n) is 6.29. The number of aliphatic hydroxyl groups is 1. The summed E-state index contributed by atoms with van der Waals surface area (Å²) in [7, 11) is 1.69. The van der Waals surface area contributed by atoms with Crippen LogP contribution in [0, 0.1) is 0 Å². The molecule has 94 valence electrons. The second-order valence-electron chi connectivity index (χ2n) is 4.74. The molecule has 1 aromatic carbocycles. The first kappa shape index (κ1) is 12.4. The molecule has 0 spiro atoms. The lowest BCUT2D eigenvalue weighted by molar-refractivity contribution is 0.144. The van der Waals surface area contributed by atoms with E-state index in [0.29, 0.717) is 0 Å². The lowest BCUT2D eigenvalue weighted by atomic mass is 10.1. The van der Waals surface area contributed by atoms with Crippen molar-refractivity contribution >= 4 is 0 Å². The summed E-state index contributed by atoms with van der Waals surface area (Å²) in [5.74, 6) is 0.903. The lowest BCUT2D eigenvalue weighted by Crippen LogP contribution is -2.37. The van der Waals surface area contributed by atoms with Gasteiger partial charge in [0.2, 0.25) is 0 Å². The summed E-state index contributed by atoms with van der Waals surface area (Å²) in [6.45, 7) is 2.11. The molecular formula is C14H21NO2. The van der Waals surface area contributed by atoms with E-state index in [1.54, 1.807) is 7.11 Å². The fourth-order valence-electron chi connectivity index (χ4n) is 2.57. The summed E-state index contributed by atoms with van der Waals surface area (Å²) in [4.78, 5) is 0. The van der Waals surface area contributed by atoms with Gasteiger partial charge in [0, 0.05) is 17.6 Å². The zero-order valence-corrected chi connectivity index (χ0v) is 10.5. The molecule has 1 aliphatic rings. The Morgan fingerprint density at radius 2 is 2.12 bits per heavy atom. The minimum absolute atomic E-state index is 0.198. The zero-order chi connectivity index (χ0) is 12.3. The third-order valence-electron chi connectivity index (χ3n) is 3.55. The van der Waals surface area contributed by atoms with E-state index in [1.165, 1.54) is 0 Å². The minimum Gasteiger partial charge on any atom is -0.496 e. The minimum atomic E-state index is -0.202. The Labute approximate surface area is 103 Å². The van der Waals surface area contributed by atoms with Gasteiger partial charge in [-0.15, -0.1) is 0 Å². The van der Waals surface area contributed by atoms with Crippen molar-refractivity contribution in [3.05, 3.63) is 29.8 Å². The molecule has 1 aliphatic carbocycles. The summed E-state index contributed by atoms with van der Waals surface area (Å²) < 4.78 is 5.36. The van der Waals surface area contributed by atoms with Crippen LogP contribution in [-0.2, 0) is 0 Å². The van der Waals surface area contributed by atoms with Gasteiger partial charge < -0.3 is 15.2 Å². The molecule has 1 aromatic rings. The molecule has 3 atom stereocenters. The SMILES string of the molecule is COc1ccccc1[C@H](C)N[C@@H]1CCC[C@H]1O. The van der Waals surface area contributed by atoms with Crippen LogP contribution < -0.4 is 10.1 Å². The van der Waals surface area contributed by atoms with Crippen molar-refractivity contribution in [3.63, 3.8) is 0 Å². The van der Waals surface area contributed by atoms with E-state index in [9.17, 15) is 5.11 Å². The van der Waals surface area contributed by atoms with E-state index in [0.717, 1.165) is 30.6 Å². The van der Waals surface area contributed by atoms with Crippen molar-refractivity contribution < 1.29 is 9.84 Å².